The SMILES string of the molecule is COc1cc(O)ccc1[S@](C)=O. The Kier molecular flexibility index (Phi) is 2.70. The van der Waals surface area contributed by atoms with E-state index in [9.17, 15) is 4.21 Å². The Balaban J connectivity index is 3.20. The fourth-order valence-electron chi connectivity index (χ4n) is 0.894. The van der Waals surface area contributed by atoms with E-state index < -0.39 is 10.8 Å². The van der Waals surface area contributed by atoms with Gasteiger partial charge in [0.15, 0.2) is 0 Å². The molecule has 0 aliphatic heterocycles. The highest BCUT2D eigenvalue weighted by Crippen LogP contribution is 2.25. The van der Waals surface area contributed by atoms with Crippen LogP contribution in [-0.4, -0.2) is 22.7 Å². The lowest BCUT2D eigenvalue weighted by Crippen LogP contribution is -1.93. The van der Waals surface area contributed by atoms with Crippen LogP contribution < -0.4 is 4.74 Å². The minimum atomic E-state index is -1.08. The molecule has 0 amide bonds. The van der Waals surface area contributed by atoms with Crippen molar-refractivity contribution in [2.45, 2.75) is 4.90 Å². The van der Waals surface area contributed by atoms with Gasteiger partial charge in [0.1, 0.15) is 11.5 Å². The van der Waals surface area contributed by atoms with Crippen molar-refractivity contribution in [1.29, 1.82) is 0 Å². The molecule has 0 saturated carbocycles. The number of benzene rings is 1. The van der Waals surface area contributed by atoms with Crippen LogP contribution in [0.5, 0.6) is 11.5 Å². The van der Waals surface area contributed by atoms with Gasteiger partial charge in [-0.05, 0) is 12.1 Å². The second-order valence-electron chi connectivity index (χ2n) is 2.29. The van der Waals surface area contributed by atoms with Crippen LogP contribution >= 0.6 is 0 Å². The van der Waals surface area contributed by atoms with E-state index in [4.69, 9.17) is 9.84 Å². The van der Waals surface area contributed by atoms with Crippen molar-refractivity contribution in [3.05, 3.63) is 18.2 Å². The van der Waals surface area contributed by atoms with Crippen molar-refractivity contribution in [3.8, 4) is 11.5 Å². The van der Waals surface area contributed by atoms with Gasteiger partial charge in [-0.2, -0.15) is 0 Å². The Morgan fingerprint density at radius 3 is 2.67 bits per heavy atom. The molecule has 1 N–H and O–H groups in total. The molecule has 0 heterocycles. The molecule has 0 radical (unpaired) electrons. The zero-order valence-corrected chi connectivity index (χ0v) is 7.72. The molecule has 1 aromatic rings. The number of phenolic OH excluding ortho intramolecular Hbond substituents is 1. The van der Waals surface area contributed by atoms with Gasteiger partial charge < -0.3 is 9.84 Å². The lowest BCUT2D eigenvalue weighted by molar-refractivity contribution is 0.397. The van der Waals surface area contributed by atoms with Gasteiger partial charge in [-0.15, -0.1) is 0 Å². The fraction of sp³-hybridized carbons (Fsp3) is 0.250. The Labute approximate surface area is 73.4 Å². The molecule has 0 bridgehead atoms. The van der Waals surface area contributed by atoms with Gasteiger partial charge in [-0.3, -0.25) is 4.21 Å². The molecule has 0 fully saturated rings. The fourth-order valence-corrected chi connectivity index (χ4v) is 1.58. The minimum absolute atomic E-state index is 0.112. The monoisotopic (exact) mass is 186 g/mol. The minimum Gasteiger partial charge on any atom is -0.508 e. The smallest absolute Gasteiger partial charge is 0.138 e. The van der Waals surface area contributed by atoms with E-state index in [1.807, 2.05) is 0 Å². The molecular formula is C8H10O3S. The molecule has 66 valence electrons. The van der Waals surface area contributed by atoms with Crippen molar-refractivity contribution in [2.24, 2.45) is 0 Å². The van der Waals surface area contributed by atoms with E-state index >= 15 is 0 Å². The van der Waals surface area contributed by atoms with Gasteiger partial charge in [-0.1, -0.05) is 0 Å². The molecule has 12 heavy (non-hydrogen) atoms. The van der Waals surface area contributed by atoms with Crippen molar-refractivity contribution in [3.63, 3.8) is 0 Å². The van der Waals surface area contributed by atoms with Crippen molar-refractivity contribution >= 4 is 10.8 Å². The summed E-state index contributed by atoms with van der Waals surface area (Å²) in [5.74, 6) is 0.567. The Bertz CT molecular complexity index is 309. The van der Waals surface area contributed by atoms with Crippen LogP contribution in [0.3, 0.4) is 0 Å². The zero-order chi connectivity index (χ0) is 9.14. The highest BCUT2D eigenvalue weighted by molar-refractivity contribution is 7.84. The third-order valence-corrected chi connectivity index (χ3v) is 2.41. The van der Waals surface area contributed by atoms with Crippen molar-refractivity contribution in [2.75, 3.05) is 13.4 Å². The van der Waals surface area contributed by atoms with Gasteiger partial charge >= 0.3 is 0 Å². The van der Waals surface area contributed by atoms with E-state index in [0.29, 0.717) is 10.6 Å². The molecule has 1 aromatic carbocycles. The van der Waals surface area contributed by atoms with Crippen LogP contribution in [0.4, 0.5) is 0 Å². The zero-order valence-electron chi connectivity index (χ0n) is 6.90. The summed E-state index contributed by atoms with van der Waals surface area (Å²) >= 11 is 0. The van der Waals surface area contributed by atoms with Crippen LogP contribution in [0.1, 0.15) is 0 Å². The summed E-state index contributed by atoms with van der Waals surface area (Å²) in [6.45, 7) is 0. The molecule has 1 atom stereocenters. The van der Waals surface area contributed by atoms with Gasteiger partial charge in [0, 0.05) is 12.3 Å². The van der Waals surface area contributed by atoms with Crippen LogP contribution in [0.25, 0.3) is 0 Å². The molecular weight excluding hydrogens is 176 g/mol. The predicted molar refractivity (Wildman–Crippen MR) is 47.0 cm³/mol. The van der Waals surface area contributed by atoms with Crippen LogP contribution in [0.15, 0.2) is 23.1 Å². The Morgan fingerprint density at radius 1 is 1.50 bits per heavy atom. The topological polar surface area (TPSA) is 46.5 Å². The largest absolute Gasteiger partial charge is 0.508 e. The summed E-state index contributed by atoms with van der Waals surface area (Å²) in [7, 11) is 0.393. The molecule has 0 unspecified atom stereocenters. The second-order valence-corrected chi connectivity index (χ2v) is 3.64. The molecule has 1 rings (SSSR count). The van der Waals surface area contributed by atoms with E-state index in [1.54, 1.807) is 12.3 Å². The lowest BCUT2D eigenvalue weighted by atomic mass is 10.3. The maximum absolute atomic E-state index is 11.1. The molecule has 4 heteroatoms. The van der Waals surface area contributed by atoms with Gasteiger partial charge in [-0.25, -0.2) is 0 Å². The summed E-state index contributed by atoms with van der Waals surface area (Å²) in [4.78, 5) is 0.593. The first-order chi connectivity index (χ1) is 5.65. The number of hydrogen-bond acceptors (Lipinski definition) is 3. The summed E-state index contributed by atoms with van der Waals surface area (Å²) in [5.41, 5.74) is 0. The van der Waals surface area contributed by atoms with E-state index in [2.05, 4.69) is 0 Å². The molecule has 0 spiro atoms. The van der Waals surface area contributed by atoms with Crippen LogP contribution in [-0.2, 0) is 10.8 Å². The molecule has 0 aliphatic rings. The Hall–Kier alpha value is -1.03. The van der Waals surface area contributed by atoms with Crippen molar-refractivity contribution < 1.29 is 14.1 Å². The van der Waals surface area contributed by atoms with E-state index in [1.165, 1.54) is 19.2 Å². The second kappa shape index (κ2) is 3.58. The van der Waals surface area contributed by atoms with Gasteiger partial charge in [0.2, 0.25) is 0 Å². The summed E-state index contributed by atoms with van der Waals surface area (Å²) in [6.07, 6.45) is 1.56. The first kappa shape index (κ1) is 9.06. The number of rotatable bonds is 2. The maximum Gasteiger partial charge on any atom is 0.138 e. The lowest BCUT2D eigenvalue weighted by Gasteiger charge is -2.05. The third kappa shape index (κ3) is 1.76. The number of aromatic hydroxyl groups is 1. The number of hydrogen-bond donors (Lipinski definition) is 1. The normalized spacial score (nSPS) is 12.5. The quantitative estimate of drug-likeness (QED) is 0.753. The highest BCUT2D eigenvalue weighted by atomic mass is 32.2. The predicted octanol–water partition coefficient (Wildman–Crippen LogP) is 1.14. The third-order valence-electron chi connectivity index (χ3n) is 1.46. The van der Waals surface area contributed by atoms with Crippen LogP contribution in [0.2, 0.25) is 0 Å². The molecule has 0 aromatic heterocycles. The molecule has 0 saturated heterocycles. The average molecular weight is 186 g/mol. The first-order valence-electron chi connectivity index (χ1n) is 3.35. The molecule has 3 nitrogen and oxygen atoms in total. The summed E-state index contributed by atoms with van der Waals surface area (Å²) < 4.78 is 16.0. The number of methoxy groups -OCH3 is 1. The first-order valence-corrected chi connectivity index (χ1v) is 4.91. The summed E-state index contributed by atoms with van der Waals surface area (Å²) in [5, 5.41) is 9.07. The van der Waals surface area contributed by atoms with E-state index in [-0.39, 0.29) is 5.75 Å². The average Bonchev–Trinajstić information content (AvgIpc) is 2.03. The Morgan fingerprint density at radius 2 is 2.17 bits per heavy atom. The standard InChI is InChI=1S/C8H10O3S/c1-11-7-5-6(9)3-4-8(7)12(2)10/h3-5,9H,1-2H3/t12-/m0/s1. The van der Waals surface area contributed by atoms with E-state index in [0.717, 1.165) is 0 Å². The number of phenols is 1. The van der Waals surface area contributed by atoms with Crippen molar-refractivity contribution in [1.82, 2.24) is 0 Å². The van der Waals surface area contributed by atoms with Gasteiger partial charge in [0.05, 0.1) is 22.8 Å². The van der Waals surface area contributed by atoms with Crippen LogP contribution in [0, 0.1) is 0 Å². The highest BCUT2D eigenvalue weighted by Gasteiger charge is 2.06. The number of ether oxygens (including phenoxy) is 1. The molecule has 0 aliphatic carbocycles. The van der Waals surface area contributed by atoms with Gasteiger partial charge in [0.25, 0.3) is 0 Å². The maximum atomic E-state index is 11.1. The summed E-state index contributed by atoms with van der Waals surface area (Å²) in [6, 6.07) is 4.51.